The van der Waals surface area contributed by atoms with E-state index in [1.54, 1.807) is 6.20 Å². The van der Waals surface area contributed by atoms with Crippen LogP contribution in [0.2, 0.25) is 0 Å². The molecule has 1 atom stereocenters. The average molecular weight is 420 g/mol. The smallest absolute Gasteiger partial charge is 0.120 e. The van der Waals surface area contributed by atoms with Crippen LogP contribution in [0.4, 0.5) is 17.1 Å². The first kappa shape index (κ1) is 22.7. The maximum atomic E-state index is 4.55. The Morgan fingerprint density at radius 2 is 1.45 bits per heavy atom. The third-order valence-corrected chi connectivity index (χ3v) is 6.29. The van der Waals surface area contributed by atoms with Gasteiger partial charge in [0.1, 0.15) is 6.34 Å². The van der Waals surface area contributed by atoms with Crippen molar-refractivity contribution in [3.8, 4) is 0 Å². The monoisotopic (exact) mass is 419 g/mol. The Morgan fingerprint density at radius 3 is 1.90 bits per heavy atom. The van der Waals surface area contributed by atoms with Crippen molar-refractivity contribution in [3.05, 3.63) is 66.9 Å². The Hall–Kier alpha value is -2.95. The van der Waals surface area contributed by atoms with E-state index in [0.29, 0.717) is 6.04 Å². The first-order valence-corrected chi connectivity index (χ1v) is 11.4. The lowest BCUT2D eigenvalue weighted by molar-refractivity contribution is 0.265. The molecule has 2 aromatic carbocycles. The molecular formula is C26H37N5. The molecule has 1 heterocycles. The number of hydrogen-bond acceptors (Lipinski definition) is 4. The van der Waals surface area contributed by atoms with Crippen molar-refractivity contribution in [1.29, 1.82) is 0 Å². The van der Waals surface area contributed by atoms with E-state index in [9.17, 15) is 0 Å². The van der Waals surface area contributed by atoms with E-state index < -0.39 is 0 Å². The van der Waals surface area contributed by atoms with E-state index in [0.717, 1.165) is 44.7 Å². The first-order chi connectivity index (χ1) is 15.0. The molecule has 1 aliphatic heterocycles. The lowest BCUT2D eigenvalue weighted by Crippen LogP contribution is -2.46. The van der Waals surface area contributed by atoms with Crippen LogP contribution in [0.15, 0.2) is 66.4 Å². The topological polar surface area (TPSA) is 25.3 Å². The number of aryl methyl sites for hydroxylation is 1. The fraction of sp³-hybridized carbons (Fsp3) is 0.423. The average Bonchev–Trinajstić information content (AvgIpc) is 2.84. The van der Waals surface area contributed by atoms with Crippen molar-refractivity contribution in [2.45, 2.75) is 39.7 Å². The van der Waals surface area contributed by atoms with Crippen LogP contribution in [0.1, 0.15) is 32.8 Å². The molecule has 5 heteroatoms. The third-order valence-electron chi connectivity index (χ3n) is 6.29. The summed E-state index contributed by atoms with van der Waals surface area (Å²) < 4.78 is 0. The van der Waals surface area contributed by atoms with Crippen molar-refractivity contribution in [1.82, 2.24) is 5.01 Å². The molecule has 2 aromatic rings. The molecule has 0 spiro atoms. The Balaban J connectivity index is 1.58. The zero-order chi connectivity index (χ0) is 22.2. The summed E-state index contributed by atoms with van der Waals surface area (Å²) in [5.41, 5.74) is 5.06. The van der Waals surface area contributed by atoms with Crippen molar-refractivity contribution in [3.63, 3.8) is 0 Å². The number of anilines is 3. The minimum Gasteiger partial charge on any atom is -0.368 e. The third kappa shape index (κ3) is 5.81. The minimum absolute atomic E-state index is 0.411. The standard InChI is InChI=1S/C26H37N5/c1-6-22(4)28(5)27-21-29(8-3)24-13-15-26(16-14-24)31-19-17-30(18-20-31)25-11-9-23(7-2)10-12-25/h8-16,21-22H,3,6-7,17-20H2,1-2,4-5H3/b27-21-. The highest BCUT2D eigenvalue weighted by Gasteiger charge is 2.17. The first-order valence-electron chi connectivity index (χ1n) is 11.4. The van der Waals surface area contributed by atoms with Crippen LogP contribution < -0.4 is 14.7 Å². The van der Waals surface area contributed by atoms with Gasteiger partial charge in [0.2, 0.25) is 0 Å². The van der Waals surface area contributed by atoms with Crippen molar-refractivity contribution >= 4 is 23.4 Å². The maximum absolute atomic E-state index is 4.55. The summed E-state index contributed by atoms with van der Waals surface area (Å²) in [5, 5.41) is 6.54. The van der Waals surface area contributed by atoms with Crippen LogP contribution in [-0.4, -0.2) is 50.6 Å². The molecule has 3 rings (SSSR count). The predicted octanol–water partition coefficient (Wildman–Crippen LogP) is 5.20. The van der Waals surface area contributed by atoms with Gasteiger partial charge in [-0.2, -0.15) is 5.10 Å². The summed E-state index contributed by atoms with van der Waals surface area (Å²) in [5.74, 6) is 0. The van der Waals surface area contributed by atoms with Crippen molar-refractivity contribution < 1.29 is 0 Å². The van der Waals surface area contributed by atoms with Gasteiger partial charge < -0.3 is 14.7 Å². The summed E-state index contributed by atoms with van der Waals surface area (Å²) in [6.45, 7) is 14.6. The molecule has 0 aliphatic carbocycles. The SMILES string of the molecule is C=CN(/C=N\N(C)C(C)CC)c1ccc(N2CCN(c3ccc(CC)cc3)CC2)cc1. The molecule has 1 fully saturated rings. The summed E-state index contributed by atoms with van der Waals surface area (Å²) in [4.78, 5) is 6.90. The maximum Gasteiger partial charge on any atom is 0.120 e. The van der Waals surface area contributed by atoms with Gasteiger partial charge in [-0.05, 0) is 61.7 Å². The molecule has 31 heavy (non-hydrogen) atoms. The van der Waals surface area contributed by atoms with Gasteiger partial charge in [0.15, 0.2) is 0 Å². The molecule has 0 radical (unpaired) electrons. The normalized spacial score (nSPS) is 15.2. The number of rotatable bonds is 9. The van der Waals surface area contributed by atoms with Gasteiger partial charge in [0.25, 0.3) is 0 Å². The Kier molecular flexibility index (Phi) is 7.99. The molecule has 0 N–H and O–H groups in total. The largest absolute Gasteiger partial charge is 0.368 e. The Bertz CT molecular complexity index is 835. The number of nitrogens with zero attached hydrogens (tertiary/aromatic N) is 5. The van der Waals surface area contributed by atoms with E-state index >= 15 is 0 Å². The molecule has 5 nitrogen and oxygen atoms in total. The molecule has 0 bridgehead atoms. The van der Waals surface area contributed by atoms with Crippen LogP contribution in [0, 0.1) is 0 Å². The lowest BCUT2D eigenvalue weighted by atomic mass is 10.1. The van der Waals surface area contributed by atoms with Crippen LogP contribution in [-0.2, 0) is 6.42 Å². The molecule has 1 saturated heterocycles. The summed E-state index contributed by atoms with van der Waals surface area (Å²) in [6, 6.07) is 18.1. The fourth-order valence-corrected chi connectivity index (χ4v) is 3.74. The molecular weight excluding hydrogens is 382 g/mol. The van der Waals surface area contributed by atoms with Crippen molar-refractivity contribution in [2.75, 3.05) is 47.9 Å². The number of hydrazone groups is 1. The zero-order valence-electron chi connectivity index (χ0n) is 19.5. The highest BCUT2D eigenvalue weighted by Crippen LogP contribution is 2.24. The number of hydrogen-bond donors (Lipinski definition) is 0. The van der Waals surface area contributed by atoms with Crippen LogP contribution >= 0.6 is 0 Å². The lowest BCUT2D eigenvalue weighted by Gasteiger charge is -2.37. The van der Waals surface area contributed by atoms with E-state index in [1.807, 2.05) is 23.3 Å². The van der Waals surface area contributed by atoms with E-state index in [2.05, 4.69) is 90.8 Å². The van der Waals surface area contributed by atoms with Crippen LogP contribution in [0.5, 0.6) is 0 Å². The zero-order valence-corrected chi connectivity index (χ0v) is 19.5. The molecule has 0 amide bonds. The second-order valence-electron chi connectivity index (χ2n) is 8.16. The highest BCUT2D eigenvalue weighted by atomic mass is 15.5. The van der Waals surface area contributed by atoms with Crippen molar-refractivity contribution in [2.24, 2.45) is 5.10 Å². The van der Waals surface area contributed by atoms with Gasteiger partial charge in [-0.1, -0.05) is 32.6 Å². The second-order valence-corrected chi connectivity index (χ2v) is 8.16. The summed E-state index contributed by atoms with van der Waals surface area (Å²) >= 11 is 0. The van der Waals surface area contributed by atoms with Gasteiger partial charge >= 0.3 is 0 Å². The predicted molar refractivity (Wildman–Crippen MR) is 135 cm³/mol. The van der Waals surface area contributed by atoms with Gasteiger partial charge in [0.05, 0.1) is 0 Å². The van der Waals surface area contributed by atoms with Gasteiger partial charge in [-0.3, -0.25) is 5.01 Å². The van der Waals surface area contributed by atoms with Gasteiger partial charge in [0, 0.05) is 62.5 Å². The molecule has 1 unspecified atom stereocenters. The van der Waals surface area contributed by atoms with Crippen LogP contribution in [0.3, 0.4) is 0 Å². The van der Waals surface area contributed by atoms with Crippen LogP contribution in [0.25, 0.3) is 0 Å². The van der Waals surface area contributed by atoms with E-state index in [1.165, 1.54) is 16.9 Å². The minimum atomic E-state index is 0.411. The quantitative estimate of drug-likeness (QED) is 0.317. The van der Waals surface area contributed by atoms with E-state index in [4.69, 9.17) is 0 Å². The fourth-order valence-electron chi connectivity index (χ4n) is 3.74. The van der Waals surface area contributed by atoms with E-state index in [-0.39, 0.29) is 0 Å². The molecule has 0 aromatic heterocycles. The summed E-state index contributed by atoms with van der Waals surface area (Å²) in [7, 11) is 2.01. The van der Waals surface area contributed by atoms with Gasteiger partial charge in [-0.15, -0.1) is 0 Å². The number of benzene rings is 2. The molecule has 166 valence electrons. The number of piperazine rings is 1. The molecule has 0 saturated carbocycles. The van der Waals surface area contributed by atoms with Gasteiger partial charge in [-0.25, -0.2) is 0 Å². The highest BCUT2D eigenvalue weighted by molar-refractivity contribution is 5.81. The Morgan fingerprint density at radius 1 is 0.935 bits per heavy atom. The Labute approximate surface area is 188 Å². The second kappa shape index (κ2) is 10.9. The molecule has 1 aliphatic rings. The summed E-state index contributed by atoms with van der Waals surface area (Å²) in [6.07, 6.45) is 5.78.